The zero-order chi connectivity index (χ0) is 16.4. The molecule has 1 aromatic rings. The van der Waals surface area contributed by atoms with Crippen molar-refractivity contribution in [2.24, 2.45) is 4.99 Å². The molecule has 0 fully saturated rings. The van der Waals surface area contributed by atoms with Crippen LogP contribution in [0.25, 0.3) is 0 Å². The van der Waals surface area contributed by atoms with Gasteiger partial charge in [0.15, 0.2) is 5.96 Å². The van der Waals surface area contributed by atoms with E-state index in [4.69, 9.17) is 4.74 Å². The molecular formula is C15H25N5O2. The summed E-state index contributed by atoms with van der Waals surface area (Å²) in [6.07, 6.45) is 3.35. The summed E-state index contributed by atoms with van der Waals surface area (Å²) in [6, 6.07) is 3.66. The average molecular weight is 307 g/mol. The summed E-state index contributed by atoms with van der Waals surface area (Å²) in [5.74, 6) is 1.19. The largest absolute Gasteiger partial charge is 0.490 e. The van der Waals surface area contributed by atoms with E-state index in [0.29, 0.717) is 19.1 Å². The highest BCUT2D eigenvalue weighted by molar-refractivity contribution is 5.86. The highest BCUT2D eigenvalue weighted by Crippen LogP contribution is 2.04. The van der Waals surface area contributed by atoms with Gasteiger partial charge in [0.1, 0.15) is 12.4 Å². The maximum Gasteiger partial charge on any atom is 0.239 e. The van der Waals surface area contributed by atoms with E-state index >= 15 is 0 Å². The average Bonchev–Trinajstić information content (AvgIpc) is 2.46. The molecule has 1 amide bonds. The molecule has 3 N–H and O–H groups in total. The molecule has 0 spiro atoms. The van der Waals surface area contributed by atoms with Crippen LogP contribution in [0.1, 0.15) is 20.8 Å². The molecule has 0 aliphatic heterocycles. The van der Waals surface area contributed by atoms with Crippen LogP contribution in [0, 0.1) is 0 Å². The van der Waals surface area contributed by atoms with E-state index in [2.05, 4.69) is 25.9 Å². The fraction of sp³-hybridized carbons (Fsp3) is 0.533. The molecule has 7 nitrogen and oxygen atoms in total. The third-order valence-corrected chi connectivity index (χ3v) is 2.45. The van der Waals surface area contributed by atoms with Gasteiger partial charge in [0.25, 0.3) is 0 Å². The van der Waals surface area contributed by atoms with Gasteiger partial charge in [0.2, 0.25) is 5.91 Å². The fourth-order valence-corrected chi connectivity index (χ4v) is 1.62. The second-order valence-electron chi connectivity index (χ2n) is 5.69. The molecular weight excluding hydrogens is 282 g/mol. The van der Waals surface area contributed by atoms with Crippen LogP contribution in [0.3, 0.4) is 0 Å². The normalized spacial score (nSPS) is 11.7. The molecule has 0 radical (unpaired) electrons. The number of hydrogen-bond donors (Lipinski definition) is 3. The topological polar surface area (TPSA) is 87.6 Å². The van der Waals surface area contributed by atoms with Gasteiger partial charge in [0.05, 0.1) is 19.3 Å². The van der Waals surface area contributed by atoms with E-state index in [1.165, 1.54) is 0 Å². The van der Waals surface area contributed by atoms with Gasteiger partial charge >= 0.3 is 0 Å². The summed E-state index contributed by atoms with van der Waals surface area (Å²) >= 11 is 0. The minimum absolute atomic E-state index is 0.0814. The predicted octanol–water partition coefficient (Wildman–Crippen LogP) is 0.540. The number of amides is 1. The number of hydrogen-bond acceptors (Lipinski definition) is 4. The van der Waals surface area contributed by atoms with Crippen molar-refractivity contribution < 1.29 is 9.53 Å². The molecule has 0 unspecified atom stereocenters. The molecule has 22 heavy (non-hydrogen) atoms. The Labute approximate surface area is 131 Å². The van der Waals surface area contributed by atoms with Gasteiger partial charge in [-0.25, -0.2) is 0 Å². The molecule has 0 aliphatic carbocycles. The number of nitrogens with one attached hydrogen (secondary N) is 3. The number of ether oxygens (including phenoxy) is 1. The minimum atomic E-state index is -0.243. The Morgan fingerprint density at radius 2 is 2.14 bits per heavy atom. The molecule has 0 atom stereocenters. The molecule has 0 aromatic carbocycles. The van der Waals surface area contributed by atoms with Crippen molar-refractivity contribution in [2.45, 2.75) is 26.3 Å². The summed E-state index contributed by atoms with van der Waals surface area (Å²) in [6.45, 7) is 7.02. The van der Waals surface area contributed by atoms with Crippen LogP contribution in [0.2, 0.25) is 0 Å². The highest BCUT2D eigenvalue weighted by atomic mass is 16.5. The molecule has 0 bridgehead atoms. The lowest BCUT2D eigenvalue weighted by Crippen LogP contribution is -2.48. The molecule has 0 aliphatic rings. The fourth-order valence-electron chi connectivity index (χ4n) is 1.62. The summed E-state index contributed by atoms with van der Waals surface area (Å²) in [7, 11) is 1.65. The van der Waals surface area contributed by atoms with Crippen molar-refractivity contribution in [2.75, 3.05) is 26.7 Å². The Kier molecular flexibility index (Phi) is 7.15. The van der Waals surface area contributed by atoms with E-state index in [1.807, 2.05) is 32.9 Å². The number of pyridine rings is 1. The molecule has 1 rings (SSSR count). The predicted molar refractivity (Wildman–Crippen MR) is 87.0 cm³/mol. The van der Waals surface area contributed by atoms with Crippen molar-refractivity contribution in [3.05, 3.63) is 24.5 Å². The van der Waals surface area contributed by atoms with Crippen LogP contribution in [-0.2, 0) is 4.79 Å². The number of guanidine groups is 1. The second-order valence-corrected chi connectivity index (χ2v) is 5.69. The van der Waals surface area contributed by atoms with Crippen LogP contribution in [0.15, 0.2) is 29.5 Å². The lowest BCUT2D eigenvalue weighted by atomic mass is 10.1. The molecule has 1 heterocycles. The number of nitrogens with zero attached hydrogens (tertiary/aromatic N) is 2. The highest BCUT2D eigenvalue weighted by Gasteiger charge is 2.13. The Morgan fingerprint density at radius 3 is 2.73 bits per heavy atom. The van der Waals surface area contributed by atoms with Gasteiger partial charge in [-0.1, -0.05) is 0 Å². The minimum Gasteiger partial charge on any atom is -0.490 e. The lowest BCUT2D eigenvalue weighted by molar-refractivity contribution is -0.121. The Balaban J connectivity index is 2.21. The monoisotopic (exact) mass is 307 g/mol. The second kappa shape index (κ2) is 8.86. The lowest BCUT2D eigenvalue weighted by Gasteiger charge is -2.21. The first kappa shape index (κ1) is 17.7. The van der Waals surface area contributed by atoms with Gasteiger partial charge in [-0.15, -0.1) is 0 Å². The van der Waals surface area contributed by atoms with Crippen molar-refractivity contribution in [3.8, 4) is 5.75 Å². The van der Waals surface area contributed by atoms with Crippen LogP contribution < -0.4 is 20.7 Å². The smallest absolute Gasteiger partial charge is 0.239 e. The van der Waals surface area contributed by atoms with Crippen molar-refractivity contribution >= 4 is 11.9 Å². The number of carbonyl (C=O) groups is 1. The van der Waals surface area contributed by atoms with Gasteiger partial charge in [-0.3, -0.25) is 14.8 Å². The third kappa shape index (κ3) is 8.08. The van der Waals surface area contributed by atoms with Crippen molar-refractivity contribution in [1.29, 1.82) is 0 Å². The van der Waals surface area contributed by atoms with E-state index in [0.717, 1.165) is 5.75 Å². The summed E-state index contributed by atoms with van der Waals surface area (Å²) in [4.78, 5) is 19.7. The quantitative estimate of drug-likeness (QED) is 0.406. The first-order chi connectivity index (χ1) is 10.4. The van der Waals surface area contributed by atoms with Gasteiger partial charge in [-0.2, -0.15) is 0 Å². The molecule has 1 aromatic heterocycles. The van der Waals surface area contributed by atoms with Crippen LogP contribution in [0.5, 0.6) is 5.75 Å². The van der Waals surface area contributed by atoms with Crippen molar-refractivity contribution in [3.63, 3.8) is 0 Å². The Bertz CT molecular complexity index is 482. The maximum absolute atomic E-state index is 11.7. The zero-order valence-corrected chi connectivity index (χ0v) is 13.6. The summed E-state index contributed by atoms with van der Waals surface area (Å²) in [5, 5.41) is 8.89. The van der Waals surface area contributed by atoms with Crippen LogP contribution in [-0.4, -0.2) is 49.1 Å². The Morgan fingerprint density at radius 1 is 1.36 bits per heavy atom. The number of rotatable bonds is 6. The summed E-state index contributed by atoms with van der Waals surface area (Å²) < 4.78 is 5.51. The van der Waals surface area contributed by atoms with Crippen LogP contribution >= 0.6 is 0 Å². The van der Waals surface area contributed by atoms with Gasteiger partial charge < -0.3 is 20.7 Å². The van der Waals surface area contributed by atoms with E-state index in [1.54, 1.807) is 19.4 Å². The number of aromatic nitrogens is 1. The van der Waals surface area contributed by atoms with Crippen molar-refractivity contribution in [1.82, 2.24) is 20.9 Å². The van der Waals surface area contributed by atoms with E-state index < -0.39 is 0 Å². The van der Waals surface area contributed by atoms with E-state index in [9.17, 15) is 4.79 Å². The molecule has 0 saturated carbocycles. The SMILES string of the molecule is CN=C(NCCOc1cccnc1)NCC(=O)NC(C)(C)C. The molecule has 122 valence electrons. The summed E-state index contributed by atoms with van der Waals surface area (Å²) in [5.41, 5.74) is -0.243. The number of carbonyl (C=O) groups excluding carboxylic acids is 1. The Hall–Kier alpha value is -2.31. The van der Waals surface area contributed by atoms with E-state index in [-0.39, 0.29) is 18.0 Å². The maximum atomic E-state index is 11.7. The number of aliphatic imine (C=N–C) groups is 1. The molecule has 0 saturated heterocycles. The first-order valence-electron chi connectivity index (χ1n) is 7.19. The van der Waals surface area contributed by atoms with Crippen LogP contribution in [0.4, 0.5) is 0 Å². The van der Waals surface area contributed by atoms with Gasteiger partial charge in [0, 0.05) is 18.8 Å². The third-order valence-electron chi connectivity index (χ3n) is 2.45. The standard InChI is InChI=1S/C15H25N5O2/c1-15(2,3)20-13(21)11-19-14(16-4)18-8-9-22-12-6-5-7-17-10-12/h5-7,10H,8-9,11H2,1-4H3,(H,20,21)(H2,16,18,19). The van der Waals surface area contributed by atoms with Gasteiger partial charge in [-0.05, 0) is 32.9 Å². The first-order valence-corrected chi connectivity index (χ1v) is 7.19. The zero-order valence-electron chi connectivity index (χ0n) is 13.6. The molecule has 7 heteroatoms.